The van der Waals surface area contributed by atoms with Gasteiger partial charge >= 0.3 is 0 Å². The Labute approximate surface area is 79.6 Å². The maximum Gasteiger partial charge on any atom is -0.00263 e. The lowest BCUT2D eigenvalue weighted by atomic mass is 9.97. The molecule has 2 N–H and O–H groups in total. The summed E-state index contributed by atoms with van der Waals surface area (Å²) in [6, 6.07) is 6.16. The summed E-state index contributed by atoms with van der Waals surface area (Å²) in [6.07, 6.45) is 3.50. The van der Waals surface area contributed by atoms with E-state index in [-0.39, 0.29) is 0 Å². The van der Waals surface area contributed by atoms with E-state index in [0.717, 1.165) is 11.1 Å². The Morgan fingerprint density at radius 2 is 2.15 bits per heavy atom. The first-order chi connectivity index (χ1) is 6.20. The van der Waals surface area contributed by atoms with Crippen LogP contribution in [0.1, 0.15) is 23.6 Å². The van der Waals surface area contributed by atoms with Crippen molar-refractivity contribution in [2.24, 2.45) is 5.73 Å². The van der Waals surface area contributed by atoms with Gasteiger partial charge in [-0.05, 0) is 42.3 Å². The Morgan fingerprint density at radius 1 is 1.46 bits per heavy atom. The van der Waals surface area contributed by atoms with Gasteiger partial charge < -0.3 is 5.73 Å². The molecule has 1 heteroatoms. The van der Waals surface area contributed by atoms with Crippen LogP contribution in [0.2, 0.25) is 0 Å². The molecule has 0 aliphatic carbocycles. The molecule has 0 bridgehead atoms. The van der Waals surface area contributed by atoms with E-state index in [9.17, 15) is 0 Å². The van der Waals surface area contributed by atoms with Gasteiger partial charge in [0.1, 0.15) is 0 Å². The number of benzene rings is 1. The molecular weight excluding hydrogens is 158 g/mol. The smallest absolute Gasteiger partial charge is 0.00263 e. The molecule has 0 atom stereocenters. The highest BCUT2D eigenvalue weighted by Gasteiger charge is 2.02. The quantitative estimate of drug-likeness (QED) is 0.731. The van der Waals surface area contributed by atoms with E-state index in [1.165, 1.54) is 11.1 Å². The van der Waals surface area contributed by atoms with Gasteiger partial charge in [-0.1, -0.05) is 30.9 Å². The number of aryl methyl sites for hydroxylation is 1. The molecule has 0 aromatic heterocycles. The summed E-state index contributed by atoms with van der Waals surface area (Å²) in [5.74, 6) is 0. The third-order valence-corrected chi connectivity index (χ3v) is 2.20. The minimum Gasteiger partial charge on any atom is -0.404 e. The van der Waals surface area contributed by atoms with E-state index in [1.54, 1.807) is 6.20 Å². The number of rotatable bonds is 2. The lowest BCUT2D eigenvalue weighted by molar-refractivity contribution is 1.40. The Kier molecular flexibility index (Phi) is 2.91. The van der Waals surface area contributed by atoms with E-state index in [4.69, 9.17) is 5.73 Å². The van der Waals surface area contributed by atoms with Crippen LogP contribution in [-0.2, 0) is 0 Å². The van der Waals surface area contributed by atoms with Gasteiger partial charge in [-0.3, -0.25) is 0 Å². The molecule has 0 spiro atoms. The summed E-state index contributed by atoms with van der Waals surface area (Å²) in [5, 5.41) is 0. The second kappa shape index (κ2) is 3.94. The summed E-state index contributed by atoms with van der Waals surface area (Å²) in [5.41, 5.74) is 10.1. The van der Waals surface area contributed by atoms with Gasteiger partial charge in [-0.2, -0.15) is 0 Å². The van der Waals surface area contributed by atoms with Crippen LogP contribution in [0.15, 0.2) is 31.0 Å². The van der Waals surface area contributed by atoms with Crippen molar-refractivity contribution < 1.29 is 0 Å². The summed E-state index contributed by atoms with van der Waals surface area (Å²) < 4.78 is 0. The average molecular weight is 173 g/mol. The van der Waals surface area contributed by atoms with E-state index in [1.807, 2.05) is 19.1 Å². The zero-order valence-electron chi connectivity index (χ0n) is 8.17. The number of hydrogen-bond acceptors (Lipinski definition) is 1. The molecule has 1 rings (SSSR count). The van der Waals surface area contributed by atoms with Gasteiger partial charge in [-0.25, -0.2) is 0 Å². The normalized spacial score (nSPS) is 11.4. The summed E-state index contributed by atoms with van der Waals surface area (Å²) in [4.78, 5) is 0. The topological polar surface area (TPSA) is 26.0 Å². The van der Waals surface area contributed by atoms with E-state index in [2.05, 4.69) is 25.6 Å². The zero-order valence-corrected chi connectivity index (χ0v) is 8.17. The van der Waals surface area contributed by atoms with Crippen molar-refractivity contribution in [3.63, 3.8) is 0 Å². The van der Waals surface area contributed by atoms with Crippen molar-refractivity contribution in [3.8, 4) is 0 Å². The zero-order chi connectivity index (χ0) is 9.84. The van der Waals surface area contributed by atoms with Crippen molar-refractivity contribution in [2.45, 2.75) is 13.8 Å². The monoisotopic (exact) mass is 173 g/mol. The molecule has 0 aliphatic heterocycles. The fourth-order valence-electron chi connectivity index (χ4n) is 1.39. The van der Waals surface area contributed by atoms with E-state index >= 15 is 0 Å². The Morgan fingerprint density at radius 3 is 2.69 bits per heavy atom. The van der Waals surface area contributed by atoms with Crippen LogP contribution in [-0.4, -0.2) is 0 Å². The second-order valence-electron chi connectivity index (χ2n) is 3.09. The molecule has 1 aromatic rings. The van der Waals surface area contributed by atoms with Gasteiger partial charge in [0.15, 0.2) is 0 Å². The van der Waals surface area contributed by atoms with Crippen LogP contribution in [0.3, 0.4) is 0 Å². The van der Waals surface area contributed by atoms with Crippen LogP contribution in [0.4, 0.5) is 0 Å². The highest BCUT2D eigenvalue weighted by molar-refractivity contribution is 5.74. The van der Waals surface area contributed by atoms with Gasteiger partial charge in [0, 0.05) is 0 Å². The lowest BCUT2D eigenvalue weighted by Crippen LogP contribution is -1.91. The average Bonchev–Trinajstić information content (AvgIpc) is 2.16. The summed E-state index contributed by atoms with van der Waals surface area (Å²) >= 11 is 0. The van der Waals surface area contributed by atoms with E-state index in [0.29, 0.717) is 0 Å². The molecule has 0 saturated carbocycles. The first-order valence-corrected chi connectivity index (χ1v) is 4.31. The SMILES string of the molecule is C=Cc1c(C)cccc1/C(C)=C\N. The number of nitrogens with two attached hydrogens (primary N) is 1. The highest BCUT2D eigenvalue weighted by Crippen LogP contribution is 2.21. The molecule has 0 fully saturated rings. The molecule has 0 radical (unpaired) electrons. The maximum atomic E-state index is 5.48. The minimum absolute atomic E-state index is 1.08. The fourth-order valence-corrected chi connectivity index (χ4v) is 1.39. The van der Waals surface area contributed by atoms with Crippen LogP contribution in [0.5, 0.6) is 0 Å². The van der Waals surface area contributed by atoms with Crippen LogP contribution < -0.4 is 5.73 Å². The van der Waals surface area contributed by atoms with Crippen molar-refractivity contribution in [1.29, 1.82) is 0 Å². The van der Waals surface area contributed by atoms with Gasteiger partial charge in [0.2, 0.25) is 0 Å². The van der Waals surface area contributed by atoms with Gasteiger partial charge in [-0.15, -0.1) is 0 Å². The third kappa shape index (κ3) is 1.81. The molecule has 1 aromatic carbocycles. The minimum atomic E-state index is 1.08. The number of hydrogen-bond donors (Lipinski definition) is 1. The predicted octanol–water partition coefficient (Wildman–Crippen LogP) is 2.96. The van der Waals surface area contributed by atoms with Crippen molar-refractivity contribution in [1.82, 2.24) is 0 Å². The fraction of sp³-hybridized carbons (Fsp3) is 0.167. The Hall–Kier alpha value is -1.50. The molecule has 0 aliphatic rings. The van der Waals surface area contributed by atoms with Crippen LogP contribution in [0.25, 0.3) is 11.6 Å². The Balaban J connectivity index is 3.36. The molecule has 0 unspecified atom stereocenters. The Bertz CT molecular complexity index is 348. The number of allylic oxidation sites excluding steroid dienone is 1. The van der Waals surface area contributed by atoms with Crippen LogP contribution in [0, 0.1) is 6.92 Å². The molecule has 1 nitrogen and oxygen atoms in total. The summed E-state index contributed by atoms with van der Waals surface area (Å²) in [6.45, 7) is 7.88. The molecule has 13 heavy (non-hydrogen) atoms. The molecule has 0 amide bonds. The van der Waals surface area contributed by atoms with E-state index < -0.39 is 0 Å². The molecule has 68 valence electrons. The third-order valence-electron chi connectivity index (χ3n) is 2.20. The first-order valence-electron chi connectivity index (χ1n) is 4.31. The summed E-state index contributed by atoms with van der Waals surface area (Å²) in [7, 11) is 0. The molecular formula is C12H15N. The van der Waals surface area contributed by atoms with Gasteiger partial charge in [0.25, 0.3) is 0 Å². The van der Waals surface area contributed by atoms with Crippen LogP contribution >= 0.6 is 0 Å². The first kappa shape index (κ1) is 9.59. The molecule has 0 saturated heterocycles. The van der Waals surface area contributed by atoms with Crippen molar-refractivity contribution in [3.05, 3.63) is 47.7 Å². The van der Waals surface area contributed by atoms with Gasteiger partial charge in [0.05, 0.1) is 0 Å². The lowest BCUT2D eigenvalue weighted by Gasteiger charge is -2.08. The standard InChI is InChI=1S/C12H15N/c1-4-11-9(2)6-5-7-12(11)10(3)8-13/h4-8H,1,13H2,2-3H3/b10-8-. The predicted molar refractivity (Wildman–Crippen MR) is 59.1 cm³/mol. The molecule has 0 heterocycles. The van der Waals surface area contributed by atoms with Crippen molar-refractivity contribution >= 4 is 11.6 Å². The highest BCUT2D eigenvalue weighted by atomic mass is 14.5. The second-order valence-corrected chi connectivity index (χ2v) is 3.09. The maximum absolute atomic E-state index is 5.48. The van der Waals surface area contributed by atoms with Crippen molar-refractivity contribution in [2.75, 3.05) is 0 Å². The largest absolute Gasteiger partial charge is 0.404 e.